The summed E-state index contributed by atoms with van der Waals surface area (Å²) >= 11 is 0. The largest absolute Gasteiger partial charge is 0.480 e. The molecule has 1 heterocycles. The molecule has 0 radical (unpaired) electrons. The number of aliphatic carboxylic acids is 1. The molecule has 17 heavy (non-hydrogen) atoms. The fourth-order valence-corrected chi connectivity index (χ4v) is 2.27. The van der Waals surface area contributed by atoms with Gasteiger partial charge in [-0.1, -0.05) is 6.92 Å². The third-order valence-electron chi connectivity index (χ3n) is 3.22. The molecule has 5 heteroatoms. The summed E-state index contributed by atoms with van der Waals surface area (Å²) < 4.78 is 10.4. The van der Waals surface area contributed by atoms with Gasteiger partial charge in [0.05, 0.1) is 6.61 Å². The van der Waals surface area contributed by atoms with Crippen LogP contribution in [0.15, 0.2) is 0 Å². The third-order valence-corrected chi connectivity index (χ3v) is 3.22. The van der Waals surface area contributed by atoms with Gasteiger partial charge in [-0.3, -0.25) is 9.69 Å². The third kappa shape index (κ3) is 4.61. The first-order valence-electron chi connectivity index (χ1n) is 6.20. The van der Waals surface area contributed by atoms with Gasteiger partial charge in [0, 0.05) is 26.9 Å². The van der Waals surface area contributed by atoms with Crippen LogP contribution in [-0.2, 0) is 14.3 Å². The van der Waals surface area contributed by atoms with Gasteiger partial charge < -0.3 is 14.6 Å². The van der Waals surface area contributed by atoms with E-state index in [0.29, 0.717) is 26.4 Å². The Morgan fingerprint density at radius 3 is 2.82 bits per heavy atom. The normalized spacial score (nSPS) is 25.3. The van der Waals surface area contributed by atoms with Gasteiger partial charge in [0.1, 0.15) is 6.04 Å². The summed E-state index contributed by atoms with van der Waals surface area (Å²) in [4.78, 5) is 13.1. The molecule has 1 aliphatic rings. The molecule has 0 aromatic carbocycles. The Bertz CT molecular complexity index is 235. The molecule has 1 fully saturated rings. The Hall–Kier alpha value is -0.650. The van der Waals surface area contributed by atoms with Crippen molar-refractivity contribution >= 4 is 5.97 Å². The molecule has 2 unspecified atom stereocenters. The summed E-state index contributed by atoms with van der Waals surface area (Å²) in [5.74, 6) is -0.477. The van der Waals surface area contributed by atoms with Crippen LogP contribution in [0.5, 0.6) is 0 Å². The number of likely N-dealkylation sites (tertiary alicyclic amines) is 1. The summed E-state index contributed by atoms with van der Waals surface area (Å²) in [5.41, 5.74) is 0. The maximum atomic E-state index is 11.1. The summed E-state index contributed by atoms with van der Waals surface area (Å²) in [6.45, 7) is 5.54. The molecule has 0 aromatic heterocycles. The fourth-order valence-electron chi connectivity index (χ4n) is 2.27. The van der Waals surface area contributed by atoms with Crippen molar-refractivity contribution in [1.29, 1.82) is 0 Å². The number of carbonyl (C=O) groups is 1. The van der Waals surface area contributed by atoms with E-state index in [9.17, 15) is 4.79 Å². The van der Waals surface area contributed by atoms with Crippen molar-refractivity contribution in [1.82, 2.24) is 4.90 Å². The maximum absolute atomic E-state index is 11.1. The van der Waals surface area contributed by atoms with Crippen molar-refractivity contribution in [3.63, 3.8) is 0 Å². The number of carboxylic acids is 1. The molecule has 1 rings (SSSR count). The van der Waals surface area contributed by atoms with Crippen LogP contribution in [0.25, 0.3) is 0 Å². The van der Waals surface area contributed by atoms with Crippen molar-refractivity contribution in [2.45, 2.75) is 25.8 Å². The quantitative estimate of drug-likeness (QED) is 0.642. The minimum Gasteiger partial charge on any atom is -0.480 e. The van der Waals surface area contributed by atoms with E-state index in [1.807, 2.05) is 11.8 Å². The number of hydrogen-bond acceptors (Lipinski definition) is 4. The zero-order chi connectivity index (χ0) is 12.7. The molecule has 0 spiro atoms. The molecule has 0 saturated carbocycles. The highest BCUT2D eigenvalue weighted by molar-refractivity contribution is 5.74. The highest BCUT2D eigenvalue weighted by Crippen LogP contribution is 2.23. The van der Waals surface area contributed by atoms with Gasteiger partial charge in [-0.2, -0.15) is 0 Å². The van der Waals surface area contributed by atoms with Crippen molar-refractivity contribution in [2.24, 2.45) is 5.92 Å². The lowest BCUT2D eigenvalue weighted by Gasteiger charge is -2.22. The molecular formula is C12H23NO4. The SMILES string of the molecule is COCCCOCCN1CCC(C)C1C(=O)O. The second-order valence-corrected chi connectivity index (χ2v) is 4.54. The van der Waals surface area contributed by atoms with E-state index in [-0.39, 0.29) is 12.0 Å². The Kier molecular flexibility index (Phi) is 6.47. The van der Waals surface area contributed by atoms with Crippen LogP contribution < -0.4 is 0 Å². The van der Waals surface area contributed by atoms with Crippen molar-refractivity contribution in [3.8, 4) is 0 Å². The second-order valence-electron chi connectivity index (χ2n) is 4.54. The molecule has 2 atom stereocenters. The second kappa shape index (κ2) is 7.63. The van der Waals surface area contributed by atoms with Gasteiger partial charge in [0.15, 0.2) is 0 Å². The van der Waals surface area contributed by atoms with E-state index in [4.69, 9.17) is 14.6 Å². The maximum Gasteiger partial charge on any atom is 0.321 e. The standard InChI is InChI=1S/C12H23NO4/c1-10-4-5-13(11(10)12(14)15)6-9-17-8-3-7-16-2/h10-11H,3-9H2,1-2H3,(H,14,15). The zero-order valence-electron chi connectivity index (χ0n) is 10.7. The summed E-state index contributed by atoms with van der Waals surface area (Å²) in [6.07, 6.45) is 1.84. The van der Waals surface area contributed by atoms with Crippen LogP contribution in [0.4, 0.5) is 0 Å². The zero-order valence-corrected chi connectivity index (χ0v) is 10.7. The van der Waals surface area contributed by atoms with E-state index in [1.165, 1.54) is 0 Å². The van der Waals surface area contributed by atoms with Crippen LogP contribution in [0, 0.1) is 5.92 Å². The van der Waals surface area contributed by atoms with E-state index in [0.717, 1.165) is 19.4 Å². The lowest BCUT2D eigenvalue weighted by atomic mass is 10.0. The summed E-state index contributed by atoms with van der Waals surface area (Å²) in [7, 11) is 1.67. The number of hydrogen-bond donors (Lipinski definition) is 1. The van der Waals surface area contributed by atoms with E-state index >= 15 is 0 Å². The number of carboxylic acid groups (broad SMARTS) is 1. The van der Waals surface area contributed by atoms with Crippen LogP contribution in [0.2, 0.25) is 0 Å². The van der Waals surface area contributed by atoms with E-state index < -0.39 is 5.97 Å². The Morgan fingerprint density at radius 2 is 2.18 bits per heavy atom. The lowest BCUT2D eigenvalue weighted by Crippen LogP contribution is -2.40. The highest BCUT2D eigenvalue weighted by Gasteiger charge is 2.36. The van der Waals surface area contributed by atoms with Crippen LogP contribution >= 0.6 is 0 Å². The van der Waals surface area contributed by atoms with Gasteiger partial charge in [-0.05, 0) is 25.3 Å². The van der Waals surface area contributed by atoms with Crippen molar-refractivity contribution in [2.75, 3.05) is 40.0 Å². The van der Waals surface area contributed by atoms with Crippen molar-refractivity contribution in [3.05, 3.63) is 0 Å². The van der Waals surface area contributed by atoms with E-state index in [1.54, 1.807) is 7.11 Å². The van der Waals surface area contributed by atoms with Crippen molar-refractivity contribution < 1.29 is 19.4 Å². The molecule has 1 aliphatic heterocycles. The molecule has 100 valence electrons. The molecule has 1 saturated heterocycles. The minimum atomic E-state index is -0.714. The average molecular weight is 245 g/mol. The molecule has 0 aromatic rings. The predicted octanol–water partition coefficient (Wildman–Crippen LogP) is 0.835. The van der Waals surface area contributed by atoms with Crippen LogP contribution in [0.1, 0.15) is 19.8 Å². The minimum absolute atomic E-state index is 0.237. The molecule has 0 bridgehead atoms. The van der Waals surface area contributed by atoms with Gasteiger partial charge in [0.25, 0.3) is 0 Å². The predicted molar refractivity (Wildman–Crippen MR) is 64.1 cm³/mol. The highest BCUT2D eigenvalue weighted by atomic mass is 16.5. The molecule has 5 nitrogen and oxygen atoms in total. The topological polar surface area (TPSA) is 59.0 Å². The monoisotopic (exact) mass is 245 g/mol. The summed E-state index contributed by atoms with van der Waals surface area (Å²) in [5, 5.41) is 9.13. The number of ether oxygens (including phenoxy) is 2. The van der Waals surface area contributed by atoms with Gasteiger partial charge in [-0.25, -0.2) is 0 Å². The lowest BCUT2D eigenvalue weighted by molar-refractivity contribution is -0.143. The fraction of sp³-hybridized carbons (Fsp3) is 0.917. The molecule has 0 amide bonds. The average Bonchev–Trinajstić information content (AvgIpc) is 2.65. The van der Waals surface area contributed by atoms with Crippen LogP contribution in [-0.4, -0.2) is 62.0 Å². The molecule has 0 aliphatic carbocycles. The number of nitrogens with zero attached hydrogens (tertiary/aromatic N) is 1. The Balaban J connectivity index is 2.16. The smallest absolute Gasteiger partial charge is 0.321 e. The van der Waals surface area contributed by atoms with E-state index in [2.05, 4.69) is 0 Å². The van der Waals surface area contributed by atoms with Gasteiger partial charge in [-0.15, -0.1) is 0 Å². The first-order valence-corrected chi connectivity index (χ1v) is 6.20. The first kappa shape index (κ1) is 14.4. The Labute approximate surface area is 103 Å². The first-order chi connectivity index (χ1) is 8.16. The summed E-state index contributed by atoms with van der Waals surface area (Å²) in [6, 6.07) is -0.336. The Morgan fingerprint density at radius 1 is 1.41 bits per heavy atom. The molecule has 1 N–H and O–H groups in total. The van der Waals surface area contributed by atoms with Crippen LogP contribution in [0.3, 0.4) is 0 Å². The number of methoxy groups -OCH3 is 1. The number of rotatable bonds is 8. The van der Waals surface area contributed by atoms with Gasteiger partial charge >= 0.3 is 5.97 Å². The molecular weight excluding hydrogens is 222 g/mol. The van der Waals surface area contributed by atoms with Gasteiger partial charge in [0.2, 0.25) is 0 Å².